The number of fused-ring (bicyclic) bond motifs is 1. The Balaban J connectivity index is 2.02. The van der Waals surface area contributed by atoms with Gasteiger partial charge in [0.1, 0.15) is 0 Å². The summed E-state index contributed by atoms with van der Waals surface area (Å²) in [5.41, 5.74) is 5.89. The van der Waals surface area contributed by atoms with Gasteiger partial charge < -0.3 is 10.5 Å². The Hall–Kier alpha value is -0.210. The summed E-state index contributed by atoms with van der Waals surface area (Å²) in [4.78, 5) is 0. The number of hydrogen-bond donors (Lipinski definition) is 2. The van der Waals surface area contributed by atoms with Crippen LogP contribution < -0.4 is 10.5 Å². The van der Waals surface area contributed by atoms with Crippen molar-refractivity contribution in [1.29, 1.82) is 0 Å². The van der Waals surface area contributed by atoms with Gasteiger partial charge in [-0.25, -0.2) is 0 Å². The van der Waals surface area contributed by atoms with Gasteiger partial charge in [0, 0.05) is 32.7 Å². The van der Waals surface area contributed by atoms with E-state index in [1.807, 2.05) is 0 Å². The van der Waals surface area contributed by atoms with Crippen molar-refractivity contribution in [2.24, 2.45) is 11.7 Å². The average Bonchev–Trinajstić information content (AvgIpc) is 2.58. The van der Waals surface area contributed by atoms with E-state index in [1.54, 1.807) is 0 Å². The lowest BCUT2D eigenvalue weighted by molar-refractivity contribution is -0.00967. The second kappa shape index (κ2) is 3.67. The Kier molecular flexibility index (Phi) is 2.76. The van der Waals surface area contributed by atoms with Gasteiger partial charge >= 0.3 is 0 Å². The molecule has 0 aromatic heterocycles. The van der Waals surface area contributed by atoms with E-state index in [0.29, 0.717) is 12.5 Å². The molecule has 1 heterocycles. The molecular weight excluding hydrogens is 218 g/mol. The van der Waals surface area contributed by atoms with Crippen LogP contribution in [0.1, 0.15) is 6.42 Å². The standard InChI is InChI=1S/C8H17N3O3S/c1-11(2)15(12,13)10-7-6(9)5-3-4-14-8(5)7/h5-8,10H,3-4,9H2,1-2H3. The number of ether oxygens (including phenoxy) is 1. The van der Waals surface area contributed by atoms with E-state index in [9.17, 15) is 8.42 Å². The van der Waals surface area contributed by atoms with Crippen molar-refractivity contribution in [1.82, 2.24) is 9.03 Å². The first-order chi connectivity index (χ1) is 6.93. The molecule has 1 aliphatic heterocycles. The SMILES string of the molecule is CN(C)S(=O)(=O)NC1C(N)C2CCOC21. The molecule has 4 atom stereocenters. The smallest absolute Gasteiger partial charge is 0.279 e. The molecule has 2 fully saturated rings. The van der Waals surface area contributed by atoms with E-state index >= 15 is 0 Å². The van der Waals surface area contributed by atoms with Crippen LogP contribution in [-0.2, 0) is 14.9 Å². The predicted octanol–water partition coefficient (Wildman–Crippen LogP) is -1.50. The first kappa shape index (κ1) is 11.3. The molecule has 7 heteroatoms. The van der Waals surface area contributed by atoms with Gasteiger partial charge in [-0.3, -0.25) is 0 Å². The fourth-order valence-corrected chi connectivity index (χ4v) is 3.02. The number of rotatable bonds is 3. The molecule has 0 spiro atoms. The Bertz CT molecular complexity index is 343. The first-order valence-corrected chi connectivity index (χ1v) is 6.44. The summed E-state index contributed by atoms with van der Waals surface area (Å²) in [5, 5.41) is 0. The van der Waals surface area contributed by atoms with Crippen molar-refractivity contribution in [2.45, 2.75) is 24.6 Å². The highest BCUT2D eigenvalue weighted by atomic mass is 32.2. The fraction of sp³-hybridized carbons (Fsp3) is 1.00. The Morgan fingerprint density at radius 1 is 1.47 bits per heavy atom. The van der Waals surface area contributed by atoms with Crippen molar-refractivity contribution >= 4 is 10.2 Å². The van der Waals surface area contributed by atoms with Crippen LogP contribution in [0.3, 0.4) is 0 Å². The second-order valence-electron chi connectivity index (χ2n) is 4.30. The summed E-state index contributed by atoms with van der Waals surface area (Å²) in [6.45, 7) is 0.684. The molecule has 4 unspecified atom stereocenters. The summed E-state index contributed by atoms with van der Waals surface area (Å²) >= 11 is 0. The zero-order chi connectivity index (χ0) is 11.2. The van der Waals surface area contributed by atoms with Crippen molar-refractivity contribution in [3.8, 4) is 0 Å². The number of nitrogens with two attached hydrogens (primary N) is 1. The maximum absolute atomic E-state index is 11.6. The quantitative estimate of drug-likeness (QED) is 0.623. The predicted molar refractivity (Wildman–Crippen MR) is 55.4 cm³/mol. The maximum Gasteiger partial charge on any atom is 0.279 e. The molecule has 3 N–H and O–H groups in total. The summed E-state index contributed by atoms with van der Waals surface area (Å²) < 4.78 is 32.3. The molecule has 1 saturated carbocycles. The minimum Gasteiger partial charge on any atom is -0.376 e. The largest absolute Gasteiger partial charge is 0.376 e. The van der Waals surface area contributed by atoms with E-state index in [0.717, 1.165) is 10.7 Å². The summed E-state index contributed by atoms with van der Waals surface area (Å²) in [6.07, 6.45) is 0.904. The third-order valence-corrected chi connectivity index (χ3v) is 4.74. The van der Waals surface area contributed by atoms with E-state index in [4.69, 9.17) is 10.5 Å². The highest BCUT2D eigenvalue weighted by Gasteiger charge is 2.53. The highest BCUT2D eigenvalue weighted by Crippen LogP contribution is 2.38. The molecule has 2 rings (SSSR count). The van der Waals surface area contributed by atoms with Crippen LogP contribution in [0.15, 0.2) is 0 Å². The molecule has 0 amide bonds. The van der Waals surface area contributed by atoms with E-state index in [2.05, 4.69) is 4.72 Å². The Labute approximate surface area is 89.9 Å². The highest BCUT2D eigenvalue weighted by molar-refractivity contribution is 7.87. The van der Waals surface area contributed by atoms with Crippen LogP contribution >= 0.6 is 0 Å². The summed E-state index contributed by atoms with van der Waals surface area (Å²) in [5.74, 6) is 0.319. The zero-order valence-electron chi connectivity index (χ0n) is 8.88. The molecule has 0 bridgehead atoms. The average molecular weight is 235 g/mol. The molecule has 15 heavy (non-hydrogen) atoms. The topological polar surface area (TPSA) is 84.7 Å². The van der Waals surface area contributed by atoms with Crippen LogP contribution in [-0.4, -0.2) is 51.6 Å². The maximum atomic E-state index is 11.6. The van der Waals surface area contributed by atoms with Crippen LogP contribution in [0.25, 0.3) is 0 Å². The summed E-state index contributed by atoms with van der Waals surface area (Å²) in [7, 11) is -0.435. The number of hydrogen-bond acceptors (Lipinski definition) is 4. The zero-order valence-corrected chi connectivity index (χ0v) is 9.70. The monoisotopic (exact) mass is 235 g/mol. The molecule has 0 aromatic rings. The minimum absolute atomic E-state index is 0.0327. The molecule has 2 aliphatic rings. The second-order valence-corrected chi connectivity index (χ2v) is 6.21. The third kappa shape index (κ3) is 1.78. The van der Waals surface area contributed by atoms with Gasteiger partial charge in [0.2, 0.25) is 0 Å². The van der Waals surface area contributed by atoms with Crippen LogP contribution in [0.2, 0.25) is 0 Å². The molecule has 0 aromatic carbocycles. The van der Waals surface area contributed by atoms with Gasteiger partial charge in [0.25, 0.3) is 10.2 Å². The molecule has 1 aliphatic carbocycles. The van der Waals surface area contributed by atoms with Gasteiger partial charge in [-0.2, -0.15) is 17.4 Å². The molecule has 1 saturated heterocycles. The minimum atomic E-state index is -3.41. The number of nitrogens with zero attached hydrogens (tertiary/aromatic N) is 1. The van der Waals surface area contributed by atoms with Crippen molar-refractivity contribution in [2.75, 3.05) is 20.7 Å². The summed E-state index contributed by atoms with van der Waals surface area (Å²) in [6, 6.07) is -0.392. The first-order valence-electron chi connectivity index (χ1n) is 5.00. The van der Waals surface area contributed by atoms with Gasteiger partial charge in [0.05, 0.1) is 12.1 Å². The Morgan fingerprint density at radius 3 is 2.73 bits per heavy atom. The molecule has 6 nitrogen and oxygen atoms in total. The van der Waals surface area contributed by atoms with Crippen LogP contribution in [0.4, 0.5) is 0 Å². The van der Waals surface area contributed by atoms with Gasteiger partial charge in [-0.05, 0) is 6.42 Å². The van der Waals surface area contributed by atoms with E-state index in [-0.39, 0.29) is 18.2 Å². The Morgan fingerprint density at radius 2 is 2.13 bits per heavy atom. The fourth-order valence-electron chi connectivity index (χ4n) is 2.17. The van der Waals surface area contributed by atoms with Crippen molar-refractivity contribution < 1.29 is 13.2 Å². The van der Waals surface area contributed by atoms with Gasteiger partial charge in [0.15, 0.2) is 0 Å². The van der Waals surface area contributed by atoms with Gasteiger partial charge in [-0.1, -0.05) is 0 Å². The third-order valence-electron chi connectivity index (χ3n) is 3.21. The van der Waals surface area contributed by atoms with Crippen LogP contribution in [0.5, 0.6) is 0 Å². The van der Waals surface area contributed by atoms with Crippen molar-refractivity contribution in [3.05, 3.63) is 0 Å². The lowest BCUT2D eigenvalue weighted by Crippen LogP contribution is -2.69. The lowest BCUT2D eigenvalue weighted by atomic mass is 9.73. The van der Waals surface area contributed by atoms with Crippen molar-refractivity contribution in [3.63, 3.8) is 0 Å². The van der Waals surface area contributed by atoms with Crippen LogP contribution in [0, 0.1) is 5.92 Å². The molecule has 88 valence electrons. The van der Waals surface area contributed by atoms with E-state index in [1.165, 1.54) is 14.1 Å². The van der Waals surface area contributed by atoms with E-state index < -0.39 is 10.2 Å². The lowest BCUT2D eigenvalue weighted by Gasteiger charge is -2.45. The molecular formula is C8H17N3O3S. The number of nitrogens with one attached hydrogen (secondary N) is 1. The van der Waals surface area contributed by atoms with Gasteiger partial charge in [-0.15, -0.1) is 0 Å². The molecule has 0 radical (unpaired) electrons. The normalized spacial score (nSPS) is 40.3.